The largest absolute Gasteiger partial charge is 0.316 e. The smallest absolute Gasteiger partial charge is 0.0172 e. The number of hydrogen-bond acceptors (Lipinski definition) is 2. The highest BCUT2D eigenvalue weighted by molar-refractivity contribution is 7.99. The Morgan fingerprint density at radius 1 is 1.00 bits per heavy atom. The molecule has 2 rings (SSSR count). The Kier molecular flexibility index (Phi) is 4.65. The Hall–Kier alpha value is 0.310. The maximum atomic E-state index is 3.55. The number of nitrogens with one attached hydrogen (secondary N) is 1. The van der Waals surface area contributed by atoms with Crippen molar-refractivity contribution in [1.29, 1.82) is 0 Å². The predicted molar refractivity (Wildman–Crippen MR) is 64.9 cm³/mol. The third-order valence-electron chi connectivity index (χ3n) is 3.54. The summed E-state index contributed by atoms with van der Waals surface area (Å²) in [5.41, 5.74) is 0. The zero-order valence-corrected chi connectivity index (χ0v) is 9.95. The first kappa shape index (κ1) is 10.8. The molecule has 1 aliphatic carbocycles. The van der Waals surface area contributed by atoms with E-state index in [1.165, 1.54) is 63.8 Å². The minimum Gasteiger partial charge on any atom is -0.316 e. The Balaban J connectivity index is 1.62. The molecule has 1 saturated heterocycles. The van der Waals surface area contributed by atoms with E-state index >= 15 is 0 Å². The second-order valence-corrected chi connectivity index (χ2v) is 6.14. The van der Waals surface area contributed by atoms with Crippen molar-refractivity contribution >= 4 is 11.8 Å². The lowest BCUT2D eigenvalue weighted by Crippen LogP contribution is -2.23. The molecule has 0 amide bonds. The van der Waals surface area contributed by atoms with Gasteiger partial charge in [-0.25, -0.2) is 0 Å². The molecule has 0 bridgehead atoms. The van der Waals surface area contributed by atoms with Crippen molar-refractivity contribution < 1.29 is 0 Å². The van der Waals surface area contributed by atoms with E-state index in [0.717, 1.165) is 11.2 Å². The number of rotatable bonds is 3. The standard InChI is InChI=1S/C12H23NS/c1-2-6-11(5-1)10-14-12-7-3-4-8-13-9-12/h11-13H,1-10H2. The van der Waals surface area contributed by atoms with Crippen LogP contribution in [0.15, 0.2) is 0 Å². The summed E-state index contributed by atoms with van der Waals surface area (Å²) in [4.78, 5) is 0. The monoisotopic (exact) mass is 213 g/mol. The van der Waals surface area contributed by atoms with Gasteiger partial charge in [-0.1, -0.05) is 19.3 Å². The van der Waals surface area contributed by atoms with Crippen molar-refractivity contribution in [3.8, 4) is 0 Å². The first-order valence-corrected chi connectivity index (χ1v) is 7.32. The summed E-state index contributed by atoms with van der Waals surface area (Å²) in [5, 5.41) is 4.47. The van der Waals surface area contributed by atoms with Gasteiger partial charge in [-0.2, -0.15) is 11.8 Å². The van der Waals surface area contributed by atoms with Crippen LogP contribution in [0.3, 0.4) is 0 Å². The summed E-state index contributed by atoms with van der Waals surface area (Å²) < 4.78 is 0. The summed E-state index contributed by atoms with van der Waals surface area (Å²) in [6, 6.07) is 0. The zero-order chi connectivity index (χ0) is 9.64. The molecule has 2 aliphatic rings. The number of hydrogen-bond donors (Lipinski definition) is 1. The molecule has 1 N–H and O–H groups in total. The highest BCUT2D eigenvalue weighted by atomic mass is 32.2. The summed E-state index contributed by atoms with van der Waals surface area (Å²) in [6.45, 7) is 2.51. The van der Waals surface area contributed by atoms with E-state index in [1.54, 1.807) is 0 Å². The van der Waals surface area contributed by atoms with Crippen molar-refractivity contribution in [3.05, 3.63) is 0 Å². The lowest BCUT2D eigenvalue weighted by atomic mass is 10.1. The normalized spacial score (nSPS) is 30.4. The van der Waals surface area contributed by atoms with Crippen LogP contribution in [0, 0.1) is 5.92 Å². The lowest BCUT2D eigenvalue weighted by Gasteiger charge is -2.16. The summed E-state index contributed by atoms with van der Waals surface area (Å²) >= 11 is 2.25. The Bertz CT molecular complexity index is 146. The molecular weight excluding hydrogens is 190 g/mol. The van der Waals surface area contributed by atoms with E-state index in [0.29, 0.717) is 0 Å². The summed E-state index contributed by atoms with van der Waals surface area (Å²) in [6.07, 6.45) is 10.3. The molecule has 2 heteroatoms. The minimum absolute atomic E-state index is 0.915. The Morgan fingerprint density at radius 3 is 2.64 bits per heavy atom. The maximum Gasteiger partial charge on any atom is 0.0172 e. The topological polar surface area (TPSA) is 12.0 Å². The van der Waals surface area contributed by atoms with Gasteiger partial charge in [0.2, 0.25) is 0 Å². The molecule has 1 atom stereocenters. The molecule has 1 aliphatic heterocycles. The van der Waals surface area contributed by atoms with Crippen LogP contribution in [0.5, 0.6) is 0 Å². The quantitative estimate of drug-likeness (QED) is 0.773. The molecule has 0 aromatic rings. The third-order valence-corrected chi connectivity index (χ3v) is 5.08. The molecule has 0 radical (unpaired) electrons. The molecule has 0 aromatic heterocycles. The average Bonchev–Trinajstić information content (AvgIpc) is 2.58. The van der Waals surface area contributed by atoms with Crippen LogP contribution in [0.4, 0.5) is 0 Å². The molecule has 1 nitrogen and oxygen atoms in total. The zero-order valence-electron chi connectivity index (χ0n) is 9.13. The summed E-state index contributed by atoms with van der Waals surface area (Å²) in [5.74, 6) is 2.50. The molecular formula is C12H23NS. The SMILES string of the molecule is C1CCC(SCC2CCCC2)CNC1. The van der Waals surface area contributed by atoms with Gasteiger partial charge in [0.25, 0.3) is 0 Å². The van der Waals surface area contributed by atoms with Gasteiger partial charge in [-0.3, -0.25) is 0 Å². The Labute approximate surface area is 92.4 Å². The molecule has 0 aromatic carbocycles. The van der Waals surface area contributed by atoms with Crippen LogP contribution in [0.25, 0.3) is 0 Å². The Morgan fingerprint density at radius 2 is 1.79 bits per heavy atom. The fourth-order valence-electron chi connectivity index (χ4n) is 2.58. The molecule has 82 valence electrons. The third kappa shape index (κ3) is 3.47. The van der Waals surface area contributed by atoms with E-state index in [2.05, 4.69) is 17.1 Å². The van der Waals surface area contributed by atoms with Crippen molar-refractivity contribution in [1.82, 2.24) is 5.32 Å². The molecule has 14 heavy (non-hydrogen) atoms. The number of thioether (sulfide) groups is 1. The first-order chi connectivity index (χ1) is 6.95. The first-order valence-electron chi connectivity index (χ1n) is 6.27. The molecule has 1 saturated carbocycles. The van der Waals surface area contributed by atoms with Crippen LogP contribution in [0.2, 0.25) is 0 Å². The van der Waals surface area contributed by atoms with Crippen LogP contribution in [-0.2, 0) is 0 Å². The van der Waals surface area contributed by atoms with Crippen LogP contribution < -0.4 is 5.32 Å². The molecule has 1 unspecified atom stereocenters. The minimum atomic E-state index is 0.915. The van der Waals surface area contributed by atoms with Crippen molar-refractivity contribution in [2.45, 2.75) is 50.2 Å². The van der Waals surface area contributed by atoms with Gasteiger partial charge in [-0.15, -0.1) is 0 Å². The maximum absolute atomic E-state index is 3.55. The lowest BCUT2D eigenvalue weighted by molar-refractivity contribution is 0.619. The van der Waals surface area contributed by atoms with E-state index in [9.17, 15) is 0 Å². The van der Waals surface area contributed by atoms with Gasteiger partial charge in [0.15, 0.2) is 0 Å². The molecule has 2 fully saturated rings. The molecule has 0 spiro atoms. The van der Waals surface area contributed by atoms with Gasteiger partial charge < -0.3 is 5.32 Å². The fourth-order valence-corrected chi connectivity index (χ4v) is 4.03. The highest BCUT2D eigenvalue weighted by Gasteiger charge is 2.18. The van der Waals surface area contributed by atoms with Crippen molar-refractivity contribution in [2.75, 3.05) is 18.8 Å². The van der Waals surface area contributed by atoms with Gasteiger partial charge in [0, 0.05) is 11.8 Å². The van der Waals surface area contributed by atoms with Crippen LogP contribution in [-0.4, -0.2) is 24.1 Å². The fraction of sp³-hybridized carbons (Fsp3) is 1.00. The summed E-state index contributed by atoms with van der Waals surface area (Å²) in [7, 11) is 0. The average molecular weight is 213 g/mol. The van der Waals surface area contributed by atoms with Crippen molar-refractivity contribution in [3.63, 3.8) is 0 Å². The van der Waals surface area contributed by atoms with Gasteiger partial charge in [-0.05, 0) is 43.9 Å². The van der Waals surface area contributed by atoms with Gasteiger partial charge in [0.05, 0.1) is 0 Å². The van der Waals surface area contributed by atoms with E-state index in [1.807, 2.05) is 0 Å². The van der Waals surface area contributed by atoms with E-state index < -0.39 is 0 Å². The second kappa shape index (κ2) is 6.02. The van der Waals surface area contributed by atoms with Crippen molar-refractivity contribution in [2.24, 2.45) is 5.92 Å². The second-order valence-electron chi connectivity index (χ2n) is 4.81. The predicted octanol–water partition coefficient (Wildman–Crippen LogP) is 3.05. The highest BCUT2D eigenvalue weighted by Crippen LogP contribution is 2.30. The van der Waals surface area contributed by atoms with E-state index in [4.69, 9.17) is 0 Å². The van der Waals surface area contributed by atoms with Crippen LogP contribution >= 0.6 is 11.8 Å². The van der Waals surface area contributed by atoms with Gasteiger partial charge in [0.1, 0.15) is 0 Å². The van der Waals surface area contributed by atoms with Gasteiger partial charge >= 0.3 is 0 Å². The van der Waals surface area contributed by atoms with Crippen LogP contribution in [0.1, 0.15) is 44.9 Å². The van der Waals surface area contributed by atoms with E-state index in [-0.39, 0.29) is 0 Å². The molecule has 1 heterocycles.